The van der Waals surface area contributed by atoms with E-state index in [4.69, 9.17) is 4.74 Å². The maximum atomic E-state index is 11.8. The van der Waals surface area contributed by atoms with Gasteiger partial charge in [-0.15, -0.1) is 11.3 Å². The van der Waals surface area contributed by atoms with Crippen LogP contribution in [0.1, 0.15) is 10.7 Å². The number of hydrogen-bond donors (Lipinski definition) is 0. The van der Waals surface area contributed by atoms with Crippen LogP contribution in [0.2, 0.25) is 0 Å². The standard InChI is InChI=1S/C16H23N5O2S/c1-19(2)16(22)8-15-18-13(12-24-15)9-20-6-7-23-14(10-20)11-21-5-3-4-17-21/h3-5,12,14H,6-11H2,1-2H3/t14-/m1/s1. The van der Waals surface area contributed by atoms with Gasteiger partial charge >= 0.3 is 0 Å². The predicted octanol–water partition coefficient (Wildman–Crippen LogP) is 0.871. The molecule has 130 valence electrons. The van der Waals surface area contributed by atoms with Crippen molar-refractivity contribution < 1.29 is 9.53 Å². The van der Waals surface area contributed by atoms with E-state index in [0.29, 0.717) is 6.42 Å². The van der Waals surface area contributed by atoms with Crippen LogP contribution in [0.15, 0.2) is 23.8 Å². The molecule has 24 heavy (non-hydrogen) atoms. The fourth-order valence-electron chi connectivity index (χ4n) is 2.67. The van der Waals surface area contributed by atoms with Crippen molar-refractivity contribution in [2.24, 2.45) is 0 Å². The molecule has 1 amide bonds. The Bertz CT molecular complexity index is 655. The lowest BCUT2D eigenvalue weighted by atomic mass is 10.2. The molecule has 1 aliphatic heterocycles. The van der Waals surface area contributed by atoms with E-state index >= 15 is 0 Å². The average Bonchev–Trinajstić information content (AvgIpc) is 3.20. The molecule has 1 atom stereocenters. The first-order valence-electron chi connectivity index (χ1n) is 8.05. The summed E-state index contributed by atoms with van der Waals surface area (Å²) in [6, 6.07) is 1.92. The Morgan fingerprint density at radius 2 is 2.38 bits per heavy atom. The maximum absolute atomic E-state index is 11.8. The number of rotatable bonds is 6. The van der Waals surface area contributed by atoms with E-state index in [2.05, 4.69) is 20.4 Å². The summed E-state index contributed by atoms with van der Waals surface area (Å²) >= 11 is 1.56. The van der Waals surface area contributed by atoms with E-state index in [-0.39, 0.29) is 12.0 Å². The van der Waals surface area contributed by atoms with E-state index in [1.165, 1.54) is 0 Å². The Morgan fingerprint density at radius 1 is 1.50 bits per heavy atom. The first-order valence-corrected chi connectivity index (χ1v) is 8.93. The van der Waals surface area contributed by atoms with E-state index in [0.717, 1.165) is 43.5 Å². The molecule has 1 fully saturated rings. The van der Waals surface area contributed by atoms with Gasteiger partial charge in [-0.25, -0.2) is 4.98 Å². The van der Waals surface area contributed by atoms with Crippen LogP contribution < -0.4 is 0 Å². The highest BCUT2D eigenvalue weighted by Crippen LogP contribution is 2.15. The zero-order valence-corrected chi connectivity index (χ0v) is 14.9. The van der Waals surface area contributed by atoms with Gasteiger partial charge in [0.2, 0.25) is 5.91 Å². The lowest BCUT2D eigenvalue weighted by Gasteiger charge is -2.32. The molecule has 3 heterocycles. The molecule has 8 heteroatoms. The minimum atomic E-state index is 0.0848. The number of morpholine rings is 1. The van der Waals surface area contributed by atoms with Gasteiger partial charge in [0, 0.05) is 51.5 Å². The van der Waals surface area contributed by atoms with Gasteiger partial charge in [-0.05, 0) is 6.07 Å². The molecule has 1 aliphatic rings. The first kappa shape index (κ1) is 17.1. The number of likely N-dealkylation sites (N-methyl/N-ethyl adjacent to an activating group) is 1. The second-order valence-electron chi connectivity index (χ2n) is 6.15. The van der Waals surface area contributed by atoms with Crippen LogP contribution in [-0.2, 0) is 29.0 Å². The molecule has 2 aromatic heterocycles. The Labute approximate surface area is 145 Å². The summed E-state index contributed by atoms with van der Waals surface area (Å²) in [6.45, 7) is 4.05. The topological polar surface area (TPSA) is 63.5 Å². The highest BCUT2D eigenvalue weighted by atomic mass is 32.1. The highest BCUT2D eigenvalue weighted by molar-refractivity contribution is 7.09. The summed E-state index contributed by atoms with van der Waals surface area (Å²) in [7, 11) is 3.54. The second-order valence-corrected chi connectivity index (χ2v) is 7.10. The summed E-state index contributed by atoms with van der Waals surface area (Å²) in [5.74, 6) is 0.0848. The van der Waals surface area contributed by atoms with Gasteiger partial charge in [-0.3, -0.25) is 14.4 Å². The van der Waals surface area contributed by atoms with E-state index in [1.54, 1.807) is 36.5 Å². The molecule has 0 aliphatic carbocycles. The first-order chi connectivity index (χ1) is 11.6. The minimum absolute atomic E-state index is 0.0848. The molecule has 0 N–H and O–H groups in total. The average molecular weight is 349 g/mol. The number of amides is 1. The highest BCUT2D eigenvalue weighted by Gasteiger charge is 2.22. The molecular formula is C16H23N5O2S. The number of nitrogens with zero attached hydrogens (tertiary/aromatic N) is 5. The van der Waals surface area contributed by atoms with Crippen molar-refractivity contribution >= 4 is 17.2 Å². The van der Waals surface area contributed by atoms with Crippen LogP contribution in [-0.4, -0.2) is 70.4 Å². The van der Waals surface area contributed by atoms with Crippen molar-refractivity contribution in [1.82, 2.24) is 24.6 Å². The van der Waals surface area contributed by atoms with E-state index in [9.17, 15) is 4.79 Å². The minimum Gasteiger partial charge on any atom is -0.374 e. The molecule has 2 aromatic rings. The van der Waals surface area contributed by atoms with Crippen molar-refractivity contribution in [3.05, 3.63) is 34.5 Å². The largest absolute Gasteiger partial charge is 0.374 e. The molecule has 1 saturated heterocycles. The van der Waals surface area contributed by atoms with Gasteiger partial charge in [0.25, 0.3) is 0 Å². The maximum Gasteiger partial charge on any atom is 0.228 e. The molecule has 0 unspecified atom stereocenters. The Morgan fingerprint density at radius 3 is 3.12 bits per heavy atom. The number of hydrogen-bond acceptors (Lipinski definition) is 6. The van der Waals surface area contributed by atoms with Crippen LogP contribution >= 0.6 is 11.3 Å². The number of ether oxygens (including phenoxy) is 1. The van der Waals surface area contributed by atoms with Gasteiger partial charge in [0.05, 0.1) is 31.4 Å². The molecule has 0 spiro atoms. The van der Waals surface area contributed by atoms with Crippen molar-refractivity contribution in [3.8, 4) is 0 Å². The Hall–Kier alpha value is -1.77. The van der Waals surface area contributed by atoms with Crippen LogP contribution in [0.3, 0.4) is 0 Å². The zero-order chi connectivity index (χ0) is 16.9. The molecule has 0 bridgehead atoms. The number of carbonyl (C=O) groups excluding carboxylic acids is 1. The third-order valence-electron chi connectivity index (χ3n) is 3.96. The summed E-state index contributed by atoms with van der Waals surface area (Å²) in [4.78, 5) is 20.3. The molecule has 3 rings (SSSR count). The second kappa shape index (κ2) is 7.87. The normalized spacial score (nSPS) is 18.7. The van der Waals surface area contributed by atoms with Crippen LogP contribution in [0.5, 0.6) is 0 Å². The number of aromatic nitrogens is 3. The van der Waals surface area contributed by atoms with Crippen molar-refractivity contribution in [2.45, 2.75) is 25.6 Å². The summed E-state index contributed by atoms with van der Waals surface area (Å²) in [5.41, 5.74) is 1.03. The van der Waals surface area contributed by atoms with Gasteiger partial charge in [0.15, 0.2) is 0 Å². The van der Waals surface area contributed by atoms with Crippen LogP contribution in [0.4, 0.5) is 0 Å². The summed E-state index contributed by atoms with van der Waals surface area (Å²) in [5, 5.41) is 7.17. The zero-order valence-electron chi connectivity index (χ0n) is 14.1. The van der Waals surface area contributed by atoms with Crippen molar-refractivity contribution in [3.63, 3.8) is 0 Å². The Kier molecular flexibility index (Phi) is 5.60. The quantitative estimate of drug-likeness (QED) is 0.774. The van der Waals surface area contributed by atoms with Gasteiger partial charge in [-0.1, -0.05) is 0 Å². The molecule has 7 nitrogen and oxygen atoms in total. The molecule has 0 aromatic carbocycles. The lowest BCUT2D eigenvalue weighted by Crippen LogP contribution is -2.43. The summed E-state index contributed by atoms with van der Waals surface area (Å²) in [6.07, 6.45) is 4.26. The smallest absolute Gasteiger partial charge is 0.228 e. The Balaban J connectivity index is 1.52. The summed E-state index contributed by atoms with van der Waals surface area (Å²) < 4.78 is 7.74. The van der Waals surface area contributed by atoms with Gasteiger partial charge in [-0.2, -0.15) is 5.10 Å². The third-order valence-corrected chi connectivity index (χ3v) is 4.86. The predicted molar refractivity (Wildman–Crippen MR) is 91.8 cm³/mol. The fourth-order valence-corrected chi connectivity index (χ4v) is 3.45. The van der Waals surface area contributed by atoms with Crippen molar-refractivity contribution in [2.75, 3.05) is 33.8 Å². The van der Waals surface area contributed by atoms with Crippen molar-refractivity contribution in [1.29, 1.82) is 0 Å². The molecule has 0 saturated carbocycles. The number of thiazole rings is 1. The van der Waals surface area contributed by atoms with Gasteiger partial charge in [0.1, 0.15) is 5.01 Å². The monoisotopic (exact) mass is 349 g/mol. The third kappa shape index (κ3) is 4.62. The van der Waals surface area contributed by atoms with Gasteiger partial charge < -0.3 is 9.64 Å². The van der Waals surface area contributed by atoms with Crippen LogP contribution in [0.25, 0.3) is 0 Å². The number of carbonyl (C=O) groups is 1. The fraction of sp³-hybridized carbons (Fsp3) is 0.562. The van der Waals surface area contributed by atoms with Crippen LogP contribution in [0, 0.1) is 0 Å². The van der Waals surface area contributed by atoms with E-state index < -0.39 is 0 Å². The molecule has 0 radical (unpaired) electrons. The van der Waals surface area contributed by atoms with E-state index in [1.807, 2.05) is 16.9 Å². The SMILES string of the molecule is CN(C)C(=O)Cc1nc(CN2CCO[C@@H](Cn3cccn3)C2)cs1. The molecular weight excluding hydrogens is 326 g/mol. The lowest BCUT2D eigenvalue weighted by molar-refractivity contribution is -0.127.